The maximum absolute atomic E-state index is 13.8. The molecule has 0 aromatic heterocycles. The van der Waals surface area contributed by atoms with Gasteiger partial charge >= 0.3 is 18.4 Å². The van der Waals surface area contributed by atoms with Crippen LogP contribution < -0.4 is 10.2 Å². The predicted octanol–water partition coefficient (Wildman–Crippen LogP) is 4.04. The van der Waals surface area contributed by atoms with Gasteiger partial charge in [0.15, 0.2) is 9.84 Å². The van der Waals surface area contributed by atoms with Crippen LogP contribution in [0.5, 0.6) is 0 Å². The first-order valence-corrected chi connectivity index (χ1v) is 14.0. The Morgan fingerprint density at radius 1 is 1.15 bits per heavy atom. The molecule has 0 spiro atoms. The summed E-state index contributed by atoms with van der Waals surface area (Å²) < 4.78 is 110. The fourth-order valence-corrected chi connectivity index (χ4v) is 6.79. The van der Waals surface area contributed by atoms with E-state index < -0.39 is 56.1 Å². The summed E-state index contributed by atoms with van der Waals surface area (Å²) in [6.45, 7) is -0.770. The SMILES string of the molecule is CO[C@@H]1CC[C@@H](S(=O)(=O)c2ccc(N3CCN(CC(F)(F)F)CC3)cc2C(F)(F)F)C1.N#CC1(NC(=O)O)CC1. The summed E-state index contributed by atoms with van der Waals surface area (Å²) in [5.74, 6) is 0. The number of rotatable bonds is 6. The van der Waals surface area contributed by atoms with Crippen LogP contribution in [-0.2, 0) is 20.8 Å². The number of anilines is 1. The lowest BCUT2D eigenvalue weighted by Gasteiger charge is -2.36. The first-order valence-electron chi connectivity index (χ1n) is 12.4. The molecule has 1 aliphatic heterocycles. The van der Waals surface area contributed by atoms with Gasteiger partial charge in [0.2, 0.25) is 0 Å². The molecule has 4 rings (SSSR count). The van der Waals surface area contributed by atoms with E-state index in [1.54, 1.807) is 0 Å². The smallest absolute Gasteiger partial charge is 0.417 e. The van der Waals surface area contributed by atoms with Gasteiger partial charge in [0.1, 0.15) is 5.54 Å². The second kappa shape index (κ2) is 12.0. The highest BCUT2D eigenvalue weighted by Gasteiger charge is 2.45. The number of nitrogens with one attached hydrogen (secondary N) is 1. The van der Waals surface area contributed by atoms with E-state index in [9.17, 15) is 39.6 Å². The van der Waals surface area contributed by atoms with Crippen molar-refractivity contribution in [3.8, 4) is 6.07 Å². The van der Waals surface area contributed by atoms with Gasteiger partial charge in [-0.15, -0.1) is 0 Å². The lowest BCUT2D eigenvalue weighted by molar-refractivity contribution is -0.146. The Labute approximate surface area is 227 Å². The molecule has 1 heterocycles. The molecule has 1 amide bonds. The third-order valence-electron chi connectivity index (χ3n) is 7.13. The van der Waals surface area contributed by atoms with Crippen LogP contribution in [0, 0.1) is 11.3 Å². The number of piperazine rings is 1. The molecule has 0 bridgehead atoms. The zero-order valence-electron chi connectivity index (χ0n) is 21.6. The van der Waals surface area contributed by atoms with Crippen molar-refractivity contribution in [2.45, 2.75) is 66.2 Å². The van der Waals surface area contributed by atoms with E-state index in [4.69, 9.17) is 15.1 Å². The quantitative estimate of drug-likeness (QED) is 0.470. The first kappa shape index (κ1) is 31.8. The number of carbonyl (C=O) groups is 1. The number of amides is 1. The molecule has 1 aromatic carbocycles. The van der Waals surface area contributed by atoms with Crippen LogP contribution in [-0.4, -0.2) is 87.4 Å². The van der Waals surface area contributed by atoms with E-state index in [1.807, 2.05) is 6.07 Å². The van der Waals surface area contributed by atoms with Crippen LogP contribution in [0.4, 0.5) is 36.8 Å². The zero-order valence-corrected chi connectivity index (χ0v) is 22.4. The van der Waals surface area contributed by atoms with Gasteiger partial charge in [0.25, 0.3) is 0 Å². The van der Waals surface area contributed by atoms with Crippen molar-refractivity contribution >= 4 is 21.6 Å². The number of hydrogen-bond acceptors (Lipinski definition) is 7. The second-order valence-electron chi connectivity index (χ2n) is 10.0. The Balaban J connectivity index is 0.000000415. The highest BCUT2D eigenvalue weighted by atomic mass is 32.2. The summed E-state index contributed by atoms with van der Waals surface area (Å²) >= 11 is 0. The van der Waals surface area contributed by atoms with Crippen molar-refractivity contribution in [2.75, 3.05) is 44.7 Å². The summed E-state index contributed by atoms with van der Waals surface area (Å²) in [5, 5.41) is 17.7. The second-order valence-corrected chi connectivity index (χ2v) is 12.2. The number of methoxy groups -OCH3 is 1. The number of sulfone groups is 1. The molecule has 2 atom stereocenters. The van der Waals surface area contributed by atoms with Gasteiger partial charge in [-0.05, 0) is 50.3 Å². The summed E-state index contributed by atoms with van der Waals surface area (Å²) in [6, 6.07) is 4.94. The average Bonchev–Trinajstić information content (AvgIpc) is 3.44. The number of alkyl halides is 6. The fourth-order valence-electron chi connectivity index (χ4n) is 4.77. The minimum atomic E-state index is -4.89. The molecule has 2 N–H and O–H groups in total. The average molecular weight is 601 g/mol. The van der Waals surface area contributed by atoms with Crippen LogP contribution in [0.1, 0.15) is 37.7 Å². The van der Waals surface area contributed by atoms with Crippen molar-refractivity contribution in [2.24, 2.45) is 0 Å². The number of nitrogens with zero attached hydrogens (tertiary/aromatic N) is 3. The maximum Gasteiger partial charge on any atom is 0.417 e. The van der Waals surface area contributed by atoms with Crippen LogP contribution in [0.15, 0.2) is 23.1 Å². The molecule has 1 saturated heterocycles. The number of benzene rings is 1. The normalized spacial score (nSPS) is 23.1. The Hall–Kier alpha value is -2.77. The Kier molecular flexibility index (Phi) is 9.52. The summed E-state index contributed by atoms with van der Waals surface area (Å²) in [7, 11) is -2.79. The largest absolute Gasteiger partial charge is 0.465 e. The van der Waals surface area contributed by atoms with Gasteiger partial charge in [-0.25, -0.2) is 13.2 Å². The molecule has 16 heteroatoms. The van der Waals surface area contributed by atoms with Crippen molar-refractivity contribution in [1.82, 2.24) is 10.2 Å². The van der Waals surface area contributed by atoms with Crippen LogP contribution in [0.25, 0.3) is 0 Å². The summed E-state index contributed by atoms with van der Waals surface area (Å²) in [5.41, 5.74) is -1.84. The molecule has 0 unspecified atom stereocenters. The van der Waals surface area contributed by atoms with Crippen molar-refractivity contribution in [3.63, 3.8) is 0 Å². The maximum atomic E-state index is 13.8. The molecule has 3 aliphatic rings. The molecule has 224 valence electrons. The Morgan fingerprint density at radius 3 is 2.20 bits per heavy atom. The van der Waals surface area contributed by atoms with Crippen LogP contribution in [0.3, 0.4) is 0 Å². The minimum Gasteiger partial charge on any atom is -0.465 e. The van der Waals surface area contributed by atoms with Crippen molar-refractivity contribution in [3.05, 3.63) is 23.8 Å². The standard InChI is InChI=1S/C19H24F6N2O3S.C5H6N2O2/c1-30-14-3-4-15(11-14)31(28,29)17-5-2-13(10-16(17)19(23,24)25)27-8-6-26(7-9-27)12-18(20,21)22;6-3-5(1-2-5)7-4(8)9/h2,5,10,14-15H,3-4,6-9,11-12H2,1H3;7H,1-2H2,(H,8,9)/t14-,15-;/m1./s1. The number of carboxylic acid groups (broad SMARTS) is 1. The van der Waals surface area contributed by atoms with Gasteiger partial charge in [-0.1, -0.05) is 0 Å². The molecular formula is C24H30F6N4O5S. The number of ether oxygens (including phenoxy) is 1. The third-order valence-corrected chi connectivity index (χ3v) is 9.41. The first-order chi connectivity index (χ1) is 18.5. The summed E-state index contributed by atoms with van der Waals surface area (Å²) in [6.07, 6.45) is -8.54. The van der Waals surface area contributed by atoms with Crippen molar-refractivity contribution < 1.29 is 49.4 Å². The lowest BCUT2D eigenvalue weighted by Crippen LogP contribution is -2.49. The van der Waals surface area contributed by atoms with E-state index in [-0.39, 0.29) is 50.8 Å². The van der Waals surface area contributed by atoms with E-state index >= 15 is 0 Å². The van der Waals surface area contributed by atoms with E-state index in [1.165, 1.54) is 23.0 Å². The van der Waals surface area contributed by atoms with Gasteiger partial charge in [-0.3, -0.25) is 4.90 Å². The molecule has 9 nitrogen and oxygen atoms in total. The lowest BCUT2D eigenvalue weighted by atomic mass is 10.1. The molecule has 40 heavy (non-hydrogen) atoms. The number of halogens is 6. The molecule has 2 saturated carbocycles. The van der Waals surface area contributed by atoms with Crippen LogP contribution in [0.2, 0.25) is 0 Å². The molecular weight excluding hydrogens is 570 g/mol. The van der Waals surface area contributed by atoms with Crippen molar-refractivity contribution in [1.29, 1.82) is 5.26 Å². The predicted molar refractivity (Wildman–Crippen MR) is 131 cm³/mol. The van der Waals surface area contributed by atoms with Gasteiger partial charge < -0.3 is 20.1 Å². The minimum absolute atomic E-state index is 0.0430. The van der Waals surface area contributed by atoms with E-state index in [0.29, 0.717) is 19.3 Å². The van der Waals surface area contributed by atoms with Gasteiger partial charge in [0.05, 0.1) is 34.4 Å². The highest BCUT2D eigenvalue weighted by molar-refractivity contribution is 7.92. The molecule has 2 aliphatic carbocycles. The van der Waals surface area contributed by atoms with Gasteiger partial charge in [-0.2, -0.15) is 31.6 Å². The number of hydrogen-bond donors (Lipinski definition) is 2. The van der Waals surface area contributed by atoms with Gasteiger partial charge in [0, 0.05) is 39.0 Å². The number of nitriles is 1. The fraction of sp³-hybridized carbons (Fsp3) is 0.667. The molecule has 1 aromatic rings. The van der Waals surface area contributed by atoms with E-state index in [2.05, 4.69) is 5.32 Å². The van der Waals surface area contributed by atoms with Crippen LogP contribution >= 0.6 is 0 Å². The monoisotopic (exact) mass is 600 g/mol. The zero-order chi connectivity index (χ0) is 29.9. The molecule has 0 radical (unpaired) electrons. The topological polar surface area (TPSA) is 123 Å². The molecule has 3 fully saturated rings. The Bertz CT molecular complexity index is 1210. The third kappa shape index (κ3) is 8.14. The Morgan fingerprint density at radius 2 is 1.77 bits per heavy atom. The van der Waals surface area contributed by atoms with E-state index in [0.717, 1.165) is 12.1 Å². The summed E-state index contributed by atoms with van der Waals surface area (Å²) in [4.78, 5) is 11.9. The highest BCUT2D eigenvalue weighted by Crippen LogP contribution is 2.40.